The summed E-state index contributed by atoms with van der Waals surface area (Å²) in [5.74, 6) is 0.0374. The molecule has 9 nitrogen and oxygen atoms in total. The molecule has 4 heterocycles. The molecule has 0 bridgehead atoms. The van der Waals surface area contributed by atoms with Gasteiger partial charge >= 0.3 is 6.18 Å². The molecule has 216 valence electrons. The summed E-state index contributed by atoms with van der Waals surface area (Å²) in [5, 5.41) is 25.5. The molecule has 2 saturated carbocycles. The zero-order valence-corrected chi connectivity index (χ0v) is 22.8. The maximum atomic E-state index is 13.9. The van der Waals surface area contributed by atoms with E-state index in [1.54, 1.807) is 19.1 Å². The summed E-state index contributed by atoms with van der Waals surface area (Å²) in [7, 11) is 0. The van der Waals surface area contributed by atoms with Crippen molar-refractivity contribution in [1.82, 2.24) is 25.0 Å². The Morgan fingerprint density at radius 1 is 1.21 bits per heavy atom. The summed E-state index contributed by atoms with van der Waals surface area (Å²) in [6.07, 6.45) is -1.93. The smallest absolute Gasteiger partial charge is 0.381 e. The molecule has 2 N–H and O–H groups in total. The highest BCUT2D eigenvalue weighted by Crippen LogP contribution is 2.55. The molecule has 4 aromatic rings. The van der Waals surface area contributed by atoms with Gasteiger partial charge in [-0.2, -0.15) is 22.8 Å². The van der Waals surface area contributed by atoms with E-state index < -0.39 is 23.7 Å². The van der Waals surface area contributed by atoms with E-state index in [4.69, 9.17) is 16.3 Å². The van der Waals surface area contributed by atoms with Crippen molar-refractivity contribution in [1.29, 1.82) is 5.26 Å². The van der Waals surface area contributed by atoms with Gasteiger partial charge in [-0.15, -0.1) is 5.10 Å². The Morgan fingerprint density at radius 2 is 1.98 bits per heavy atom. The summed E-state index contributed by atoms with van der Waals surface area (Å²) in [6, 6.07) is 7.58. The second kappa shape index (κ2) is 9.50. The Morgan fingerprint density at radius 3 is 2.64 bits per heavy atom. The van der Waals surface area contributed by atoms with Crippen molar-refractivity contribution < 1.29 is 22.3 Å². The molecule has 3 aliphatic rings. The SMILES string of the molecule is Cc1nc(F)ccc1[C@H](Nc1cc(Cl)c2ncc(C#N)c(N[C@H]3[C@@H]4COC[C@@H]43)c2c1)c1cn(C2(C(F)(F)F)CC2)nn1. The van der Waals surface area contributed by atoms with Crippen LogP contribution in [0.5, 0.6) is 0 Å². The number of aryl methyl sites for hydroxylation is 1. The molecule has 14 heteroatoms. The number of alkyl halides is 3. The van der Waals surface area contributed by atoms with E-state index in [9.17, 15) is 22.8 Å². The second-order valence-electron chi connectivity index (χ2n) is 11.1. The van der Waals surface area contributed by atoms with Gasteiger partial charge in [0.05, 0.1) is 47.2 Å². The fraction of sp³-hybridized carbons (Fsp3) is 0.393. The van der Waals surface area contributed by atoms with E-state index in [1.165, 1.54) is 24.5 Å². The van der Waals surface area contributed by atoms with Crippen LogP contribution >= 0.6 is 11.6 Å². The third-order valence-electron chi connectivity index (χ3n) is 8.52. The normalized spacial score (nSPS) is 22.8. The molecule has 0 unspecified atom stereocenters. The minimum absolute atomic E-state index is 0.0896. The van der Waals surface area contributed by atoms with Crippen molar-refractivity contribution in [2.75, 3.05) is 23.8 Å². The molecule has 1 saturated heterocycles. The number of anilines is 2. The molecular formula is C28H23ClF4N8O. The van der Waals surface area contributed by atoms with Gasteiger partial charge in [0, 0.05) is 46.4 Å². The van der Waals surface area contributed by atoms with Crippen molar-refractivity contribution in [3.8, 4) is 6.07 Å². The van der Waals surface area contributed by atoms with Crippen molar-refractivity contribution in [3.05, 3.63) is 70.1 Å². The third-order valence-corrected chi connectivity index (χ3v) is 8.81. The maximum Gasteiger partial charge on any atom is 0.413 e. The molecule has 0 radical (unpaired) electrons. The number of nitrogens with zero attached hydrogens (tertiary/aromatic N) is 6. The Bertz CT molecular complexity index is 1760. The van der Waals surface area contributed by atoms with Crippen molar-refractivity contribution in [2.24, 2.45) is 11.8 Å². The first kappa shape index (κ1) is 26.9. The maximum absolute atomic E-state index is 13.9. The Kier molecular flexibility index (Phi) is 6.07. The minimum Gasteiger partial charge on any atom is -0.381 e. The average Bonchev–Trinajstić information content (AvgIpc) is 3.73. The van der Waals surface area contributed by atoms with Crippen LogP contribution < -0.4 is 10.6 Å². The Hall–Kier alpha value is -4.02. The number of nitriles is 1. The van der Waals surface area contributed by atoms with Crippen LogP contribution in [0.25, 0.3) is 10.9 Å². The van der Waals surface area contributed by atoms with Crippen molar-refractivity contribution in [2.45, 2.75) is 43.6 Å². The van der Waals surface area contributed by atoms with Crippen molar-refractivity contribution in [3.63, 3.8) is 0 Å². The molecule has 2 aliphatic carbocycles. The van der Waals surface area contributed by atoms with E-state index in [-0.39, 0.29) is 24.6 Å². The lowest BCUT2D eigenvalue weighted by Crippen LogP contribution is -2.35. The number of halogens is 5. The molecule has 3 fully saturated rings. The molecule has 1 aromatic carbocycles. The lowest BCUT2D eigenvalue weighted by molar-refractivity contribution is -0.182. The third kappa shape index (κ3) is 4.32. The van der Waals surface area contributed by atoms with Gasteiger partial charge in [0.1, 0.15) is 11.8 Å². The van der Waals surface area contributed by atoms with Crippen molar-refractivity contribution >= 4 is 33.9 Å². The van der Waals surface area contributed by atoms with Gasteiger partial charge in [-0.25, -0.2) is 9.67 Å². The van der Waals surface area contributed by atoms with Crippen LogP contribution in [0.1, 0.15) is 41.4 Å². The topological polar surface area (TPSA) is 114 Å². The second-order valence-corrected chi connectivity index (χ2v) is 11.5. The number of rotatable bonds is 7. The summed E-state index contributed by atoms with van der Waals surface area (Å²) in [5.41, 5.74) is 0.815. The number of pyridine rings is 2. The number of ether oxygens (including phenoxy) is 1. The zero-order valence-electron chi connectivity index (χ0n) is 22.1. The van der Waals surface area contributed by atoms with E-state index in [2.05, 4.69) is 37.0 Å². The highest BCUT2D eigenvalue weighted by atomic mass is 35.5. The van der Waals surface area contributed by atoms with Gasteiger partial charge in [-0.3, -0.25) is 4.98 Å². The monoisotopic (exact) mass is 598 g/mol. The number of fused-ring (bicyclic) bond motifs is 2. The van der Waals surface area contributed by atoms with Crippen LogP contribution in [0.2, 0.25) is 5.02 Å². The van der Waals surface area contributed by atoms with Crippen LogP contribution in [-0.2, 0) is 10.3 Å². The zero-order chi connectivity index (χ0) is 29.4. The summed E-state index contributed by atoms with van der Waals surface area (Å²) in [4.78, 5) is 8.31. The Balaban J connectivity index is 1.30. The highest BCUT2D eigenvalue weighted by molar-refractivity contribution is 6.35. The van der Waals surface area contributed by atoms with E-state index in [0.29, 0.717) is 69.2 Å². The number of benzene rings is 1. The van der Waals surface area contributed by atoms with Gasteiger partial charge in [0.15, 0.2) is 5.54 Å². The summed E-state index contributed by atoms with van der Waals surface area (Å²) < 4.78 is 61.7. The number of hydrogen-bond acceptors (Lipinski definition) is 8. The largest absolute Gasteiger partial charge is 0.413 e. The highest BCUT2D eigenvalue weighted by Gasteiger charge is 2.66. The fourth-order valence-corrected chi connectivity index (χ4v) is 6.17. The molecule has 3 aromatic heterocycles. The molecule has 1 aliphatic heterocycles. The van der Waals surface area contributed by atoms with Crippen LogP contribution in [0.3, 0.4) is 0 Å². The molecule has 0 amide bonds. The van der Waals surface area contributed by atoms with Crippen LogP contribution in [0.4, 0.5) is 28.9 Å². The van der Waals surface area contributed by atoms with Crippen LogP contribution in [0, 0.1) is 36.0 Å². The predicted octanol–water partition coefficient (Wildman–Crippen LogP) is 5.50. The standard InChI is InChI=1S/C28H23ClF4N8O/c1-13-16(2-3-22(30)36-13)26(21-10-41(40-39-21)27(4-5-27)28(31,32)33)37-15-6-17-23(38-24-18-11-42-12-19(18)24)14(8-34)9-35-25(17)20(29)7-15/h2-3,6-7,9-10,18-19,24,26,37H,4-5,11-12H2,1H3,(H,35,38)/t18-,19+,24+,26-/m0/s1. The predicted molar refractivity (Wildman–Crippen MR) is 144 cm³/mol. The summed E-state index contributed by atoms with van der Waals surface area (Å²) in [6.45, 7) is 2.91. The number of hydrogen-bond donors (Lipinski definition) is 2. The van der Waals surface area contributed by atoms with E-state index >= 15 is 0 Å². The van der Waals surface area contributed by atoms with Gasteiger partial charge in [-0.1, -0.05) is 22.9 Å². The lowest BCUT2D eigenvalue weighted by atomic mass is 10.0. The van der Waals surface area contributed by atoms with Gasteiger partial charge in [-0.05, 0) is 38.0 Å². The molecule has 4 atom stereocenters. The van der Waals surface area contributed by atoms with E-state index in [0.717, 1.165) is 4.68 Å². The quantitative estimate of drug-likeness (QED) is 0.212. The molecular weight excluding hydrogens is 576 g/mol. The van der Waals surface area contributed by atoms with Gasteiger partial charge in [0.2, 0.25) is 5.95 Å². The fourth-order valence-electron chi connectivity index (χ4n) is 5.91. The molecule has 42 heavy (non-hydrogen) atoms. The number of aromatic nitrogens is 5. The van der Waals surface area contributed by atoms with Gasteiger partial charge < -0.3 is 15.4 Å². The molecule has 0 spiro atoms. The van der Waals surface area contributed by atoms with Gasteiger partial charge in [0.25, 0.3) is 0 Å². The lowest BCUT2D eigenvalue weighted by Gasteiger charge is -2.22. The first-order valence-electron chi connectivity index (χ1n) is 13.4. The Labute approximate surface area is 241 Å². The minimum atomic E-state index is -4.48. The van der Waals surface area contributed by atoms with Crippen LogP contribution in [-0.4, -0.2) is 50.4 Å². The first-order chi connectivity index (χ1) is 20.1. The first-order valence-corrected chi connectivity index (χ1v) is 13.7. The number of nitrogens with one attached hydrogen (secondary N) is 2. The van der Waals surface area contributed by atoms with E-state index in [1.807, 2.05) is 0 Å². The summed E-state index contributed by atoms with van der Waals surface area (Å²) >= 11 is 6.68. The average molecular weight is 599 g/mol. The van der Waals surface area contributed by atoms with Crippen LogP contribution in [0.15, 0.2) is 36.7 Å². The molecule has 7 rings (SSSR count).